The van der Waals surface area contributed by atoms with E-state index in [1.165, 1.54) is 28.6 Å². The van der Waals surface area contributed by atoms with Crippen molar-refractivity contribution >= 4 is 27.9 Å². The molecule has 1 saturated heterocycles. The van der Waals surface area contributed by atoms with Gasteiger partial charge in [-0.25, -0.2) is 18.0 Å². The molecule has 1 heterocycles. The number of esters is 1. The zero-order chi connectivity index (χ0) is 21.7. The van der Waals surface area contributed by atoms with Gasteiger partial charge in [0, 0.05) is 18.6 Å². The van der Waals surface area contributed by atoms with Crippen molar-refractivity contribution in [1.29, 1.82) is 0 Å². The first-order valence-corrected chi connectivity index (χ1v) is 10.4. The number of ether oxygens (including phenoxy) is 2. The number of carbonyl (C=O) groups is 3. The van der Waals surface area contributed by atoms with Crippen molar-refractivity contribution in [3.63, 3.8) is 0 Å². The first-order valence-electron chi connectivity index (χ1n) is 8.96. The fraction of sp³-hybridized carbons (Fsp3) is 0.500. The third-order valence-corrected chi connectivity index (χ3v) is 5.65. The molecule has 2 rings (SSSR count). The average Bonchev–Trinajstić information content (AvgIpc) is 2.65. The number of nitrogens with one attached hydrogen (secondary N) is 2. The molecule has 11 heteroatoms. The van der Waals surface area contributed by atoms with Crippen molar-refractivity contribution in [3.05, 3.63) is 29.8 Å². The molecule has 0 atom stereocenters. The Morgan fingerprint density at radius 2 is 1.83 bits per heavy atom. The number of morpholine rings is 1. The highest BCUT2D eigenvalue weighted by atomic mass is 32.2. The van der Waals surface area contributed by atoms with E-state index in [0.29, 0.717) is 13.2 Å². The zero-order valence-corrected chi connectivity index (χ0v) is 17.4. The van der Waals surface area contributed by atoms with Crippen molar-refractivity contribution in [2.24, 2.45) is 0 Å². The summed E-state index contributed by atoms with van der Waals surface area (Å²) in [5.41, 5.74) is -0.556. The first-order chi connectivity index (χ1) is 13.5. The number of rotatable bonds is 5. The van der Waals surface area contributed by atoms with Gasteiger partial charge in [-0.15, -0.1) is 0 Å². The Morgan fingerprint density at radius 1 is 1.17 bits per heavy atom. The molecule has 1 aliphatic rings. The molecule has 1 aromatic rings. The molecule has 0 bridgehead atoms. The second-order valence-electron chi connectivity index (χ2n) is 7.37. The van der Waals surface area contributed by atoms with E-state index in [2.05, 4.69) is 5.32 Å². The van der Waals surface area contributed by atoms with Gasteiger partial charge < -0.3 is 14.8 Å². The molecule has 1 aliphatic heterocycles. The van der Waals surface area contributed by atoms with Gasteiger partial charge in [-0.1, -0.05) is 6.07 Å². The van der Waals surface area contributed by atoms with E-state index in [4.69, 9.17) is 9.47 Å². The van der Waals surface area contributed by atoms with E-state index in [-0.39, 0.29) is 23.5 Å². The standard InChI is InChI=1S/C18H25N3O7S/c1-18(2,3)20-17(24)19-15(22)12-28-16(23)13-5-4-6-14(11-13)29(25,26)21-7-9-27-10-8-21/h4-6,11H,7-10,12H2,1-3H3,(H2,19,20,22,24). The predicted octanol–water partition coefficient (Wildman–Crippen LogP) is 0.489. The maximum Gasteiger partial charge on any atom is 0.338 e. The summed E-state index contributed by atoms with van der Waals surface area (Å²) in [7, 11) is -3.77. The molecular weight excluding hydrogens is 402 g/mol. The van der Waals surface area contributed by atoms with Crippen LogP contribution in [0.5, 0.6) is 0 Å². The number of hydrogen-bond donors (Lipinski definition) is 2. The van der Waals surface area contributed by atoms with Crippen LogP contribution in [0.25, 0.3) is 0 Å². The lowest BCUT2D eigenvalue weighted by Crippen LogP contribution is -2.49. The second-order valence-corrected chi connectivity index (χ2v) is 9.31. The van der Waals surface area contributed by atoms with Crippen molar-refractivity contribution in [2.45, 2.75) is 31.2 Å². The van der Waals surface area contributed by atoms with Crippen LogP contribution in [0.2, 0.25) is 0 Å². The summed E-state index contributed by atoms with van der Waals surface area (Å²) in [5.74, 6) is -1.69. The van der Waals surface area contributed by atoms with Crippen molar-refractivity contribution in [1.82, 2.24) is 14.9 Å². The molecule has 0 saturated carbocycles. The lowest BCUT2D eigenvalue weighted by atomic mass is 10.1. The minimum atomic E-state index is -3.77. The number of urea groups is 1. The molecular formula is C18H25N3O7S. The average molecular weight is 427 g/mol. The molecule has 3 amide bonds. The Bertz CT molecular complexity index is 872. The van der Waals surface area contributed by atoms with E-state index < -0.39 is 40.1 Å². The van der Waals surface area contributed by atoms with Gasteiger partial charge in [-0.2, -0.15) is 4.31 Å². The molecule has 1 fully saturated rings. The Morgan fingerprint density at radius 3 is 2.45 bits per heavy atom. The largest absolute Gasteiger partial charge is 0.452 e. The molecule has 10 nitrogen and oxygen atoms in total. The smallest absolute Gasteiger partial charge is 0.338 e. The van der Waals surface area contributed by atoms with Gasteiger partial charge >= 0.3 is 12.0 Å². The summed E-state index contributed by atoms with van der Waals surface area (Å²) in [6.45, 7) is 5.62. The topological polar surface area (TPSA) is 131 Å². The van der Waals surface area contributed by atoms with Crippen molar-refractivity contribution < 1.29 is 32.3 Å². The monoisotopic (exact) mass is 427 g/mol. The van der Waals surface area contributed by atoms with Gasteiger partial charge in [0.15, 0.2) is 6.61 Å². The maximum atomic E-state index is 12.7. The van der Waals surface area contributed by atoms with E-state index >= 15 is 0 Å². The van der Waals surface area contributed by atoms with Crippen LogP contribution in [0.3, 0.4) is 0 Å². The Hall–Kier alpha value is -2.50. The number of carbonyl (C=O) groups excluding carboxylic acids is 3. The molecule has 0 spiro atoms. The summed E-state index contributed by atoms with van der Waals surface area (Å²) in [6.07, 6.45) is 0. The first kappa shape index (κ1) is 22.8. The minimum Gasteiger partial charge on any atom is -0.452 e. The number of nitrogens with zero attached hydrogens (tertiary/aromatic N) is 1. The van der Waals surface area contributed by atoms with Gasteiger partial charge in [0.25, 0.3) is 5.91 Å². The zero-order valence-electron chi connectivity index (χ0n) is 16.6. The molecule has 0 aliphatic carbocycles. The van der Waals surface area contributed by atoms with Gasteiger partial charge in [-0.05, 0) is 39.0 Å². The van der Waals surface area contributed by atoms with E-state index in [1.54, 1.807) is 20.8 Å². The number of sulfonamides is 1. The fourth-order valence-corrected chi connectivity index (χ4v) is 3.92. The summed E-state index contributed by atoms with van der Waals surface area (Å²) >= 11 is 0. The molecule has 0 unspecified atom stereocenters. The fourth-order valence-electron chi connectivity index (χ4n) is 2.47. The molecule has 0 radical (unpaired) electrons. The summed E-state index contributed by atoms with van der Waals surface area (Å²) in [4.78, 5) is 35.5. The maximum absolute atomic E-state index is 12.7. The third kappa shape index (κ3) is 6.80. The molecule has 1 aromatic carbocycles. The quantitative estimate of drug-likeness (QED) is 0.654. The molecule has 0 aromatic heterocycles. The number of imide groups is 1. The van der Waals surface area contributed by atoms with E-state index in [1.807, 2.05) is 5.32 Å². The summed E-state index contributed by atoms with van der Waals surface area (Å²) in [6, 6.07) is 4.66. The van der Waals surface area contributed by atoms with Crippen LogP contribution in [0.4, 0.5) is 4.79 Å². The Labute approximate surface area is 169 Å². The van der Waals surface area contributed by atoms with Crippen LogP contribution in [0.1, 0.15) is 31.1 Å². The molecule has 2 N–H and O–H groups in total. The van der Waals surface area contributed by atoms with Gasteiger partial charge in [0.2, 0.25) is 10.0 Å². The van der Waals surface area contributed by atoms with E-state index in [0.717, 1.165) is 0 Å². The minimum absolute atomic E-state index is 0.0220. The Kier molecular flexibility index (Phi) is 7.33. The Balaban J connectivity index is 1.97. The highest BCUT2D eigenvalue weighted by molar-refractivity contribution is 7.89. The SMILES string of the molecule is CC(C)(C)NC(=O)NC(=O)COC(=O)c1cccc(S(=O)(=O)N2CCOCC2)c1. The highest BCUT2D eigenvalue weighted by Gasteiger charge is 2.27. The van der Waals surface area contributed by atoms with Crippen molar-refractivity contribution in [2.75, 3.05) is 32.9 Å². The third-order valence-electron chi connectivity index (χ3n) is 3.75. The van der Waals surface area contributed by atoms with E-state index in [9.17, 15) is 22.8 Å². The summed E-state index contributed by atoms with van der Waals surface area (Å²) in [5, 5.41) is 4.57. The number of hydrogen-bond acceptors (Lipinski definition) is 7. The van der Waals surface area contributed by atoms with Crippen LogP contribution in [0, 0.1) is 0 Å². The van der Waals surface area contributed by atoms with Gasteiger partial charge in [0.05, 0.1) is 23.7 Å². The second kappa shape index (κ2) is 9.33. The van der Waals surface area contributed by atoms with Crippen LogP contribution in [0.15, 0.2) is 29.2 Å². The lowest BCUT2D eigenvalue weighted by Gasteiger charge is -2.26. The van der Waals surface area contributed by atoms with Crippen LogP contribution >= 0.6 is 0 Å². The van der Waals surface area contributed by atoms with Crippen molar-refractivity contribution in [3.8, 4) is 0 Å². The van der Waals surface area contributed by atoms with Crippen LogP contribution in [-0.2, 0) is 24.3 Å². The lowest BCUT2D eigenvalue weighted by molar-refractivity contribution is -0.123. The highest BCUT2D eigenvalue weighted by Crippen LogP contribution is 2.18. The normalized spacial score (nSPS) is 15.4. The predicted molar refractivity (Wildman–Crippen MR) is 103 cm³/mol. The van der Waals surface area contributed by atoms with Gasteiger partial charge in [-0.3, -0.25) is 10.1 Å². The number of benzene rings is 1. The van der Waals surface area contributed by atoms with Crippen LogP contribution < -0.4 is 10.6 Å². The van der Waals surface area contributed by atoms with Gasteiger partial charge in [0.1, 0.15) is 0 Å². The summed E-state index contributed by atoms with van der Waals surface area (Å²) < 4.78 is 36.7. The molecule has 29 heavy (non-hydrogen) atoms. The molecule has 160 valence electrons. The van der Waals surface area contributed by atoms with Crippen LogP contribution in [-0.4, -0.2) is 69.1 Å². The number of amides is 3.